The summed E-state index contributed by atoms with van der Waals surface area (Å²) in [5.74, 6) is -0.0967. The number of nitrogens with one attached hydrogen (secondary N) is 1. The fourth-order valence-electron chi connectivity index (χ4n) is 2.67. The molecule has 0 unspecified atom stereocenters. The average molecular weight is 252 g/mol. The van der Waals surface area contributed by atoms with E-state index >= 15 is 0 Å². The predicted octanol–water partition coefficient (Wildman–Crippen LogP) is 0.315. The molecular formula is C13H20N2O3. The number of methoxy groups -OCH3 is 1. The van der Waals surface area contributed by atoms with E-state index in [2.05, 4.69) is 22.2 Å². The Bertz CT molecular complexity index is 367. The fraction of sp³-hybridized carbons (Fsp3) is 0.692. The minimum Gasteiger partial charge on any atom is -0.468 e. The van der Waals surface area contributed by atoms with Gasteiger partial charge in [0.1, 0.15) is 6.54 Å². The Kier molecular flexibility index (Phi) is 4.01. The number of carbonyl (C=O) groups excluding carboxylic acids is 2. The smallest absolute Gasteiger partial charge is 0.325 e. The van der Waals surface area contributed by atoms with Crippen LogP contribution in [0.5, 0.6) is 0 Å². The Balaban J connectivity index is 2.20. The molecule has 3 atom stereocenters. The van der Waals surface area contributed by atoms with Crippen LogP contribution in [0.15, 0.2) is 12.2 Å². The van der Waals surface area contributed by atoms with E-state index in [-0.39, 0.29) is 36.4 Å². The van der Waals surface area contributed by atoms with Crippen molar-refractivity contribution in [3.8, 4) is 0 Å². The van der Waals surface area contributed by atoms with Crippen molar-refractivity contribution in [1.82, 2.24) is 10.2 Å². The number of hydrogen-bond acceptors (Lipinski definition) is 4. The van der Waals surface area contributed by atoms with Crippen molar-refractivity contribution in [1.29, 1.82) is 0 Å². The van der Waals surface area contributed by atoms with Gasteiger partial charge in [0.25, 0.3) is 0 Å². The average Bonchev–Trinajstić information content (AvgIpc) is 2.81. The van der Waals surface area contributed by atoms with Crippen molar-refractivity contribution < 1.29 is 14.3 Å². The molecule has 5 nitrogen and oxygen atoms in total. The van der Waals surface area contributed by atoms with Crippen LogP contribution >= 0.6 is 0 Å². The Morgan fingerprint density at radius 2 is 2.33 bits per heavy atom. The van der Waals surface area contributed by atoms with Gasteiger partial charge in [0.15, 0.2) is 0 Å². The first-order valence-corrected chi connectivity index (χ1v) is 6.46. The first kappa shape index (κ1) is 13.1. The highest BCUT2D eigenvalue weighted by atomic mass is 16.5. The molecule has 0 aromatic rings. The van der Waals surface area contributed by atoms with Crippen LogP contribution in [0.4, 0.5) is 0 Å². The van der Waals surface area contributed by atoms with E-state index < -0.39 is 0 Å². The van der Waals surface area contributed by atoms with Crippen LogP contribution < -0.4 is 5.32 Å². The third-order valence-electron chi connectivity index (χ3n) is 3.75. The van der Waals surface area contributed by atoms with Gasteiger partial charge in [-0.05, 0) is 19.4 Å². The number of amides is 1. The minimum atomic E-state index is -0.369. The molecule has 2 aliphatic heterocycles. The molecule has 5 heteroatoms. The van der Waals surface area contributed by atoms with Gasteiger partial charge in [0.05, 0.1) is 19.2 Å². The molecule has 0 bridgehead atoms. The van der Waals surface area contributed by atoms with Gasteiger partial charge in [0.2, 0.25) is 5.91 Å². The molecule has 0 radical (unpaired) electrons. The lowest BCUT2D eigenvalue weighted by molar-refractivity contribution is -0.148. The summed E-state index contributed by atoms with van der Waals surface area (Å²) in [6.07, 6.45) is 5.96. The second kappa shape index (κ2) is 5.52. The largest absolute Gasteiger partial charge is 0.468 e. The highest BCUT2D eigenvalue weighted by molar-refractivity contribution is 5.87. The maximum Gasteiger partial charge on any atom is 0.325 e. The number of nitrogens with zero attached hydrogens (tertiary/aromatic N) is 1. The van der Waals surface area contributed by atoms with E-state index in [1.165, 1.54) is 7.11 Å². The molecule has 2 aliphatic rings. The lowest BCUT2D eigenvalue weighted by Gasteiger charge is -2.29. The van der Waals surface area contributed by atoms with Gasteiger partial charge in [-0.15, -0.1) is 0 Å². The molecule has 1 N–H and O–H groups in total. The van der Waals surface area contributed by atoms with Gasteiger partial charge in [-0.2, -0.15) is 0 Å². The molecule has 0 saturated carbocycles. The molecular weight excluding hydrogens is 232 g/mol. The monoisotopic (exact) mass is 252 g/mol. The van der Waals surface area contributed by atoms with Crippen molar-refractivity contribution >= 4 is 11.9 Å². The Morgan fingerprint density at radius 1 is 1.56 bits per heavy atom. The topological polar surface area (TPSA) is 58.6 Å². The highest BCUT2D eigenvalue weighted by Crippen LogP contribution is 2.25. The number of hydrogen-bond donors (Lipinski definition) is 1. The van der Waals surface area contributed by atoms with Crippen molar-refractivity contribution in [2.45, 2.75) is 31.8 Å². The van der Waals surface area contributed by atoms with E-state index in [9.17, 15) is 9.59 Å². The first-order valence-electron chi connectivity index (χ1n) is 6.46. The quantitative estimate of drug-likeness (QED) is 0.580. The zero-order chi connectivity index (χ0) is 13.1. The summed E-state index contributed by atoms with van der Waals surface area (Å²) in [6, 6.07) is -0.188. The fourth-order valence-corrected chi connectivity index (χ4v) is 2.67. The third-order valence-corrected chi connectivity index (χ3v) is 3.75. The minimum absolute atomic E-state index is 0.0102. The van der Waals surface area contributed by atoms with Crippen LogP contribution in [0.25, 0.3) is 0 Å². The lowest BCUT2D eigenvalue weighted by Crippen LogP contribution is -2.50. The molecule has 0 aromatic carbocycles. The third kappa shape index (κ3) is 2.41. The zero-order valence-electron chi connectivity index (χ0n) is 10.9. The molecule has 1 fully saturated rings. The van der Waals surface area contributed by atoms with Crippen LogP contribution in [0.3, 0.4) is 0 Å². The molecule has 2 heterocycles. The summed E-state index contributed by atoms with van der Waals surface area (Å²) >= 11 is 0. The first-order chi connectivity index (χ1) is 8.67. The molecule has 0 spiro atoms. The van der Waals surface area contributed by atoms with Crippen LogP contribution in [0, 0.1) is 5.92 Å². The standard InChI is InChI=1S/C13H20N2O3/c1-3-10-5-4-9-6-7-14-12(9)13(17)15(10)8-11(16)18-2/h4-5,9-10,12,14H,3,6-8H2,1-2H3/t9-,10+,12-/m0/s1. The maximum absolute atomic E-state index is 12.5. The predicted molar refractivity (Wildman–Crippen MR) is 66.8 cm³/mol. The second-order valence-corrected chi connectivity index (χ2v) is 4.79. The van der Waals surface area contributed by atoms with Gasteiger partial charge in [-0.3, -0.25) is 9.59 Å². The van der Waals surface area contributed by atoms with Gasteiger partial charge < -0.3 is 15.0 Å². The normalized spacial score (nSPS) is 31.1. The van der Waals surface area contributed by atoms with Crippen molar-refractivity contribution in [3.63, 3.8) is 0 Å². The number of ether oxygens (including phenoxy) is 1. The molecule has 0 aliphatic carbocycles. The molecule has 2 rings (SSSR count). The van der Waals surface area contributed by atoms with E-state index in [0.29, 0.717) is 0 Å². The summed E-state index contributed by atoms with van der Waals surface area (Å²) in [6.45, 7) is 2.90. The summed E-state index contributed by atoms with van der Waals surface area (Å²) < 4.78 is 4.67. The van der Waals surface area contributed by atoms with E-state index in [1.807, 2.05) is 6.92 Å². The Morgan fingerprint density at radius 3 is 3.00 bits per heavy atom. The Labute approximate surface area is 107 Å². The van der Waals surface area contributed by atoms with Crippen molar-refractivity contribution in [2.24, 2.45) is 5.92 Å². The molecule has 18 heavy (non-hydrogen) atoms. The van der Waals surface area contributed by atoms with E-state index in [1.54, 1.807) is 4.90 Å². The van der Waals surface area contributed by atoms with Crippen LogP contribution in [-0.2, 0) is 14.3 Å². The van der Waals surface area contributed by atoms with Crippen molar-refractivity contribution in [2.75, 3.05) is 20.2 Å². The van der Waals surface area contributed by atoms with Crippen LogP contribution in [0.2, 0.25) is 0 Å². The molecule has 1 amide bonds. The van der Waals surface area contributed by atoms with Crippen molar-refractivity contribution in [3.05, 3.63) is 12.2 Å². The van der Waals surface area contributed by atoms with E-state index in [4.69, 9.17) is 0 Å². The summed E-state index contributed by atoms with van der Waals surface area (Å²) in [7, 11) is 1.35. The number of rotatable bonds is 3. The maximum atomic E-state index is 12.5. The molecule has 0 aromatic heterocycles. The van der Waals surface area contributed by atoms with E-state index in [0.717, 1.165) is 19.4 Å². The van der Waals surface area contributed by atoms with Crippen LogP contribution in [0.1, 0.15) is 19.8 Å². The lowest BCUT2D eigenvalue weighted by atomic mass is 10.0. The van der Waals surface area contributed by atoms with Gasteiger partial charge in [-0.25, -0.2) is 0 Å². The number of carbonyl (C=O) groups is 2. The van der Waals surface area contributed by atoms with Gasteiger partial charge in [-0.1, -0.05) is 19.1 Å². The van der Waals surface area contributed by atoms with Crippen LogP contribution in [-0.4, -0.2) is 49.1 Å². The second-order valence-electron chi connectivity index (χ2n) is 4.79. The SMILES string of the molecule is CC[C@@H]1C=C[C@H]2CCN[C@@H]2C(=O)N1CC(=O)OC. The summed E-state index contributed by atoms with van der Waals surface area (Å²) in [5, 5.41) is 3.22. The van der Waals surface area contributed by atoms with Gasteiger partial charge >= 0.3 is 5.97 Å². The van der Waals surface area contributed by atoms with Gasteiger partial charge in [0, 0.05) is 5.92 Å². The number of fused-ring (bicyclic) bond motifs is 1. The molecule has 1 saturated heterocycles. The Hall–Kier alpha value is -1.36. The number of esters is 1. The summed E-state index contributed by atoms with van der Waals surface area (Å²) in [5.41, 5.74) is 0. The summed E-state index contributed by atoms with van der Waals surface area (Å²) in [4.78, 5) is 25.5. The molecule has 100 valence electrons. The highest BCUT2D eigenvalue weighted by Gasteiger charge is 2.38. The zero-order valence-corrected chi connectivity index (χ0v) is 10.9.